The number of aromatic nitrogens is 2. The van der Waals surface area contributed by atoms with Gasteiger partial charge in [0.1, 0.15) is 11.9 Å². The summed E-state index contributed by atoms with van der Waals surface area (Å²) in [7, 11) is 1.59. The van der Waals surface area contributed by atoms with E-state index in [2.05, 4.69) is 35.5 Å². The molecular weight excluding hydrogens is 453 g/mol. The first-order chi connectivity index (χ1) is 17.2. The maximum atomic E-state index is 15.5. The van der Waals surface area contributed by atoms with E-state index in [1.54, 1.807) is 43.3 Å². The molecule has 0 bridgehead atoms. The van der Waals surface area contributed by atoms with E-state index in [0.717, 1.165) is 33.6 Å². The fourth-order valence-corrected chi connectivity index (χ4v) is 5.36. The van der Waals surface area contributed by atoms with Gasteiger partial charge in [0.2, 0.25) is 5.88 Å². The number of anilines is 1. The Kier molecular flexibility index (Phi) is 5.91. The molecule has 5 nitrogen and oxygen atoms in total. The van der Waals surface area contributed by atoms with Crippen LogP contribution < -0.4 is 9.64 Å². The van der Waals surface area contributed by atoms with Crippen molar-refractivity contribution in [2.24, 2.45) is 0 Å². The minimum absolute atomic E-state index is 0.0250. The maximum absolute atomic E-state index is 15.5. The number of benzene rings is 2. The van der Waals surface area contributed by atoms with Crippen molar-refractivity contribution in [2.45, 2.75) is 46.7 Å². The van der Waals surface area contributed by atoms with E-state index in [4.69, 9.17) is 4.74 Å². The number of ether oxygens (including phenoxy) is 1. The van der Waals surface area contributed by atoms with Gasteiger partial charge in [-0.15, -0.1) is 0 Å². The van der Waals surface area contributed by atoms with Crippen LogP contribution in [0.25, 0.3) is 11.3 Å². The van der Waals surface area contributed by atoms with E-state index in [-0.39, 0.29) is 23.5 Å². The molecule has 0 aliphatic carbocycles. The van der Waals surface area contributed by atoms with Gasteiger partial charge in [0.05, 0.1) is 35.3 Å². The molecule has 1 amide bonds. The van der Waals surface area contributed by atoms with Crippen LogP contribution >= 0.6 is 0 Å². The topological polar surface area (TPSA) is 47.4 Å². The molecule has 1 atom stereocenters. The molecule has 184 valence electrons. The molecular formula is C30H30FN3O2. The molecule has 2 aromatic carbocycles. The first-order valence-corrected chi connectivity index (χ1v) is 12.1. The van der Waals surface area contributed by atoms with Gasteiger partial charge < -0.3 is 9.30 Å². The Balaban J connectivity index is 1.83. The number of nitrogens with zero attached hydrogens (tertiary/aromatic N) is 3. The Labute approximate surface area is 211 Å². The lowest BCUT2D eigenvalue weighted by atomic mass is 9.96. The third kappa shape index (κ3) is 3.60. The molecule has 0 saturated heterocycles. The molecule has 4 aromatic rings. The summed E-state index contributed by atoms with van der Waals surface area (Å²) in [5.74, 6) is -0.105. The zero-order chi connectivity index (χ0) is 25.7. The normalized spacial score (nSPS) is 15.1. The summed E-state index contributed by atoms with van der Waals surface area (Å²) in [5, 5.41) is 0. The third-order valence-corrected chi connectivity index (χ3v) is 6.95. The zero-order valence-electron chi connectivity index (χ0n) is 21.5. The summed E-state index contributed by atoms with van der Waals surface area (Å²) in [6, 6.07) is 16.7. The second-order valence-corrected chi connectivity index (χ2v) is 9.70. The Bertz CT molecular complexity index is 1490. The second kappa shape index (κ2) is 8.94. The lowest BCUT2D eigenvalue weighted by Gasteiger charge is -2.30. The van der Waals surface area contributed by atoms with Gasteiger partial charge in [0, 0.05) is 12.2 Å². The molecule has 0 radical (unpaired) electrons. The fourth-order valence-electron chi connectivity index (χ4n) is 5.36. The molecule has 6 heteroatoms. The molecule has 5 rings (SSSR count). The van der Waals surface area contributed by atoms with Gasteiger partial charge in [-0.3, -0.25) is 9.69 Å². The number of methoxy groups -OCH3 is 1. The summed E-state index contributed by atoms with van der Waals surface area (Å²) in [6.07, 6.45) is 1.69. The number of amides is 1. The summed E-state index contributed by atoms with van der Waals surface area (Å²) >= 11 is 0. The van der Waals surface area contributed by atoms with Crippen LogP contribution in [0.5, 0.6) is 5.88 Å². The van der Waals surface area contributed by atoms with Crippen molar-refractivity contribution in [3.8, 4) is 17.1 Å². The first kappa shape index (κ1) is 23.8. The molecule has 36 heavy (non-hydrogen) atoms. The summed E-state index contributed by atoms with van der Waals surface area (Å²) < 4.78 is 23.2. The number of halogens is 1. The number of carbonyl (C=O) groups is 1. The monoisotopic (exact) mass is 483 g/mol. The zero-order valence-corrected chi connectivity index (χ0v) is 21.5. The molecule has 3 heterocycles. The summed E-state index contributed by atoms with van der Waals surface area (Å²) in [4.78, 5) is 20.1. The Morgan fingerprint density at radius 2 is 1.75 bits per heavy atom. The van der Waals surface area contributed by atoms with Gasteiger partial charge in [-0.25, -0.2) is 9.37 Å². The molecule has 1 aliphatic rings. The van der Waals surface area contributed by atoms with Crippen LogP contribution in [0, 0.1) is 26.6 Å². The first-order valence-electron chi connectivity index (χ1n) is 12.1. The SMILES string of the molecule is COc1ncccc1-c1cc2c(n1C(C)C)C(c1ccc(C)cc1C)N(c1cccc(C)c1F)C2=O. The van der Waals surface area contributed by atoms with Crippen LogP contribution in [0.1, 0.15) is 64.2 Å². The van der Waals surface area contributed by atoms with E-state index in [1.165, 1.54) is 0 Å². The van der Waals surface area contributed by atoms with Crippen molar-refractivity contribution < 1.29 is 13.9 Å². The van der Waals surface area contributed by atoms with Crippen LogP contribution in [0.4, 0.5) is 10.1 Å². The van der Waals surface area contributed by atoms with Crippen molar-refractivity contribution >= 4 is 11.6 Å². The molecule has 1 unspecified atom stereocenters. The van der Waals surface area contributed by atoms with Gasteiger partial charge in [-0.1, -0.05) is 35.9 Å². The predicted molar refractivity (Wildman–Crippen MR) is 140 cm³/mol. The molecule has 0 saturated carbocycles. The van der Waals surface area contributed by atoms with Gasteiger partial charge in [0.25, 0.3) is 5.91 Å². The fraction of sp³-hybridized carbons (Fsp3) is 0.267. The largest absolute Gasteiger partial charge is 0.481 e. The Morgan fingerprint density at radius 3 is 2.44 bits per heavy atom. The van der Waals surface area contributed by atoms with Gasteiger partial charge in [-0.2, -0.15) is 0 Å². The predicted octanol–water partition coefficient (Wildman–Crippen LogP) is 6.95. The molecule has 0 spiro atoms. The smallest absolute Gasteiger partial charge is 0.261 e. The summed E-state index contributed by atoms with van der Waals surface area (Å²) in [6.45, 7) is 9.99. The van der Waals surface area contributed by atoms with Gasteiger partial charge in [-0.05, 0) is 75.6 Å². The number of hydrogen-bond acceptors (Lipinski definition) is 3. The second-order valence-electron chi connectivity index (χ2n) is 9.70. The highest BCUT2D eigenvalue weighted by Crippen LogP contribution is 2.48. The number of hydrogen-bond donors (Lipinski definition) is 0. The van der Waals surface area contributed by atoms with Crippen LogP contribution in [-0.2, 0) is 0 Å². The maximum Gasteiger partial charge on any atom is 0.261 e. The van der Waals surface area contributed by atoms with Crippen LogP contribution in [0.15, 0.2) is 60.8 Å². The van der Waals surface area contributed by atoms with E-state index in [1.807, 2.05) is 38.1 Å². The van der Waals surface area contributed by atoms with Gasteiger partial charge in [0.15, 0.2) is 0 Å². The number of aryl methyl sites for hydroxylation is 3. The van der Waals surface area contributed by atoms with Crippen molar-refractivity contribution in [3.05, 3.63) is 100 Å². The van der Waals surface area contributed by atoms with Crippen LogP contribution in [0.2, 0.25) is 0 Å². The number of pyridine rings is 1. The van der Waals surface area contributed by atoms with Crippen molar-refractivity contribution in [1.82, 2.24) is 9.55 Å². The van der Waals surface area contributed by atoms with E-state index >= 15 is 4.39 Å². The standard InChI is InChI=1S/C30H30FN3O2/c1-17(2)33-25(22-10-8-14-32-29(22)36-6)16-23-28(33)27(21-13-12-18(3)15-20(21)5)34(30(23)35)24-11-7-9-19(4)26(24)31/h7-17,27H,1-6H3. The average Bonchev–Trinajstić information content (AvgIpc) is 3.36. The quantitative estimate of drug-likeness (QED) is 0.308. The molecule has 0 N–H and O–H groups in total. The molecule has 0 fully saturated rings. The van der Waals surface area contributed by atoms with Crippen molar-refractivity contribution in [2.75, 3.05) is 12.0 Å². The van der Waals surface area contributed by atoms with Crippen molar-refractivity contribution in [3.63, 3.8) is 0 Å². The third-order valence-electron chi connectivity index (χ3n) is 6.95. The highest BCUT2D eigenvalue weighted by molar-refractivity contribution is 6.12. The lowest BCUT2D eigenvalue weighted by molar-refractivity contribution is 0.0992. The molecule has 2 aromatic heterocycles. The minimum atomic E-state index is -0.483. The lowest BCUT2D eigenvalue weighted by Crippen LogP contribution is -2.31. The Hall–Kier alpha value is -3.93. The van der Waals surface area contributed by atoms with Crippen LogP contribution in [0.3, 0.4) is 0 Å². The number of fused-ring (bicyclic) bond motifs is 1. The molecule has 1 aliphatic heterocycles. The van der Waals surface area contributed by atoms with Crippen molar-refractivity contribution in [1.29, 1.82) is 0 Å². The van der Waals surface area contributed by atoms with Gasteiger partial charge >= 0.3 is 0 Å². The van der Waals surface area contributed by atoms with E-state index in [9.17, 15) is 4.79 Å². The van der Waals surface area contributed by atoms with E-state index < -0.39 is 6.04 Å². The Morgan fingerprint density at radius 1 is 0.972 bits per heavy atom. The van der Waals surface area contributed by atoms with E-state index in [0.29, 0.717) is 17.0 Å². The van der Waals surface area contributed by atoms with Crippen LogP contribution in [-0.4, -0.2) is 22.6 Å². The average molecular weight is 484 g/mol. The number of carbonyl (C=O) groups excluding carboxylic acids is 1. The highest BCUT2D eigenvalue weighted by Gasteiger charge is 2.44. The summed E-state index contributed by atoms with van der Waals surface area (Å²) in [5.41, 5.74) is 7.03. The highest BCUT2D eigenvalue weighted by atomic mass is 19.1. The minimum Gasteiger partial charge on any atom is -0.481 e. The number of rotatable bonds is 5.